The van der Waals surface area contributed by atoms with Crippen molar-refractivity contribution in [2.24, 2.45) is 5.73 Å². The number of nitrogens with two attached hydrogens (primary N) is 1. The summed E-state index contributed by atoms with van der Waals surface area (Å²) in [6, 6.07) is 6.91. The van der Waals surface area contributed by atoms with Crippen LogP contribution in [0.2, 0.25) is 0 Å². The summed E-state index contributed by atoms with van der Waals surface area (Å²) in [5, 5.41) is 0. The fourth-order valence-corrected chi connectivity index (χ4v) is 2.55. The number of benzene rings is 1. The van der Waals surface area contributed by atoms with E-state index in [1.54, 1.807) is 0 Å². The summed E-state index contributed by atoms with van der Waals surface area (Å²) in [5.41, 5.74) is 8.90. The Morgan fingerprint density at radius 1 is 1.42 bits per heavy atom. The van der Waals surface area contributed by atoms with Gasteiger partial charge in [-0.15, -0.1) is 0 Å². The summed E-state index contributed by atoms with van der Waals surface area (Å²) in [4.78, 5) is 0. The number of fused-ring (bicyclic) bond motifs is 1. The largest absolute Gasteiger partial charge is 0.327 e. The standard InChI is InChI=1S/C10H12IN/c11-10-3-1-2-7-4-5-8(12)6-9(7)10/h1-3,8H,4-6,12H2/t8-/m0/s1. The van der Waals surface area contributed by atoms with E-state index in [0.717, 1.165) is 19.3 Å². The molecule has 0 saturated carbocycles. The van der Waals surface area contributed by atoms with Gasteiger partial charge in [0.15, 0.2) is 0 Å². The molecular weight excluding hydrogens is 261 g/mol. The van der Waals surface area contributed by atoms with E-state index < -0.39 is 0 Å². The minimum atomic E-state index is 0.383. The van der Waals surface area contributed by atoms with Crippen molar-refractivity contribution in [3.63, 3.8) is 0 Å². The van der Waals surface area contributed by atoms with Crippen molar-refractivity contribution in [3.8, 4) is 0 Å². The van der Waals surface area contributed by atoms with E-state index in [1.165, 1.54) is 14.7 Å². The second-order valence-electron chi connectivity index (χ2n) is 3.38. The molecule has 2 rings (SSSR count). The van der Waals surface area contributed by atoms with Gasteiger partial charge in [-0.25, -0.2) is 0 Å². The van der Waals surface area contributed by atoms with E-state index in [9.17, 15) is 0 Å². The van der Waals surface area contributed by atoms with E-state index in [4.69, 9.17) is 5.73 Å². The van der Waals surface area contributed by atoms with Gasteiger partial charge in [0.05, 0.1) is 0 Å². The van der Waals surface area contributed by atoms with E-state index in [1.807, 2.05) is 0 Å². The van der Waals surface area contributed by atoms with Crippen molar-refractivity contribution in [2.75, 3.05) is 0 Å². The van der Waals surface area contributed by atoms with Gasteiger partial charge < -0.3 is 5.73 Å². The fraction of sp³-hybridized carbons (Fsp3) is 0.400. The zero-order valence-electron chi connectivity index (χ0n) is 6.89. The third-order valence-corrected chi connectivity index (χ3v) is 3.48. The summed E-state index contributed by atoms with van der Waals surface area (Å²) in [6.07, 6.45) is 3.37. The van der Waals surface area contributed by atoms with Crippen LogP contribution in [0.1, 0.15) is 17.5 Å². The molecule has 0 heterocycles. The van der Waals surface area contributed by atoms with E-state index in [2.05, 4.69) is 40.8 Å². The molecule has 0 radical (unpaired) electrons. The quantitative estimate of drug-likeness (QED) is 0.720. The Bertz CT molecular complexity index is 296. The first-order valence-corrected chi connectivity index (χ1v) is 5.37. The SMILES string of the molecule is N[C@H]1CCc2cccc(I)c2C1. The van der Waals surface area contributed by atoms with Crippen LogP contribution < -0.4 is 5.73 Å². The molecule has 1 nitrogen and oxygen atoms in total. The molecular formula is C10H12IN. The highest BCUT2D eigenvalue weighted by molar-refractivity contribution is 14.1. The lowest BCUT2D eigenvalue weighted by atomic mass is 9.89. The van der Waals surface area contributed by atoms with Crippen molar-refractivity contribution in [2.45, 2.75) is 25.3 Å². The van der Waals surface area contributed by atoms with Gasteiger partial charge in [-0.1, -0.05) is 12.1 Å². The first-order chi connectivity index (χ1) is 5.77. The Balaban J connectivity index is 2.43. The van der Waals surface area contributed by atoms with E-state index in [0.29, 0.717) is 6.04 Å². The zero-order chi connectivity index (χ0) is 8.55. The number of hydrogen-bond acceptors (Lipinski definition) is 1. The molecule has 1 aromatic rings. The van der Waals surface area contributed by atoms with Gasteiger partial charge in [0.25, 0.3) is 0 Å². The molecule has 1 aliphatic rings. The van der Waals surface area contributed by atoms with Gasteiger partial charge >= 0.3 is 0 Å². The van der Waals surface area contributed by atoms with Crippen LogP contribution in [-0.2, 0) is 12.8 Å². The highest BCUT2D eigenvalue weighted by Crippen LogP contribution is 2.24. The second kappa shape index (κ2) is 3.34. The van der Waals surface area contributed by atoms with Gasteiger partial charge in [-0.05, 0) is 59.0 Å². The lowest BCUT2D eigenvalue weighted by Gasteiger charge is -2.22. The molecule has 64 valence electrons. The average molecular weight is 273 g/mol. The summed E-state index contributed by atoms with van der Waals surface area (Å²) in [7, 11) is 0. The van der Waals surface area contributed by atoms with Crippen molar-refractivity contribution in [1.82, 2.24) is 0 Å². The van der Waals surface area contributed by atoms with Crippen LogP contribution >= 0.6 is 22.6 Å². The summed E-state index contributed by atoms with van der Waals surface area (Å²) in [6.45, 7) is 0. The molecule has 0 saturated heterocycles. The average Bonchev–Trinajstić information content (AvgIpc) is 2.07. The minimum Gasteiger partial charge on any atom is -0.327 e. The molecule has 0 amide bonds. The Morgan fingerprint density at radius 3 is 3.08 bits per heavy atom. The Morgan fingerprint density at radius 2 is 2.25 bits per heavy atom. The fourth-order valence-electron chi connectivity index (χ4n) is 1.77. The van der Waals surface area contributed by atoms with Crippen LogP contribution in [0.3, 0.4) is 0 Å². The van der Waals surface area contributed by atoms with E-state index in [-0.39, 0.29) is 0 Å². The maximum absolute atomic E-state index is 5.92. The zero-order valence-corrected chi connectivity index (χ0v) is 9.04. The predicted octanol–water partition coefficient (Wildman–Crippen LogP) is 2.11. The van der Waals surface area contributed by atoms with Crippen LogP contribution in [0.4, 0.5) is 0 Å². The number of halogens is 1. The molecule has 0 aliphatic heterocycles. The van der Waals surface area contributed by atoms with Crippen LogP contribution in [0.5, 0.6) is 0 Å². The topological polar surface area (TPSA) is 26.0 Å². The molecule has 12 heavy (non-hydrogen) atoms. The lowest BCUT2D eigenvalue weighted by Crippen LogP contribution is -2.28. The first kappa shape index (κ1) is 8.51. The van der Waals surface area contributed by atoms with Crippen molar-refractivity contribution >= 4 is 22.6 Å². The van der Waals surface area contributed by atoms with Crippen LogP contribution in [0.15, 0.2) is 18.2 Å². The number of rotatable bonds is 0. The first-order valence-electron chi connectivity index (χ1n) is 4.29. The van der Waals surface area contributed by atoms with Crippen LogP contribution in [0, 0.1) is 3.57 Å². The Kier molecular flexibility index (Phi) is 2.37. The number of aryl methyl sites for hydroxylation is 1. The van der Waals surface area contributed by atoms with Crippen LogP contribution in [-0.4, -0.2) is 6.04 Å². The summed E-state index contributed by atoms with van der Waals surface area (Å²) < 4.78 is 1.38. The monoisotopic (exact) mass is 273 g/mol. The summed E-state index contributed by atoms with van der Waals surface area (Å²) in [5.74, 6) is 0. The van der Waals surface area contributed by atoms with Gasteiger partial charge in [0, 0.05) is 9.61 Å². The van der Waals surface area contributed by atoms with Gasteiger partial charge in [0.2, 0.25) is 0 Å². The van der Waals surface area contributed by atoms with Crippen molar-refractivity contribution < 1.29 is 0 Å². The minimum absolute atomic E-state index is 0.383. The highest BCUT2D eigenvalue weighted by atomic mass is 127. The molecule has 0 spiro atoms. The van der Waals surface area contributed by atoms with Gasteiger partial charge in [-0.3, -0.25) is 0 Å². The molecule has 2 heteroatoms. The van der Waals surface area contributed by atoms with Gasteiger partial charge in [0.1, 0.15) is 0 Å². The Labute approximate surface area is 86.5 Å². The molecule has 1 aliphatic carbocycles. The maximum Gasteiger partial charge on any atom is 0.0165 e. The molecule has 1 aromatic carbocycles. The third-order valence-electron chi connectivity index (χ3n) is 2.47. The normalized spacial score (nSPS) is 22.0. The maximum atomic E-state index is 5.92. The van der Waals surface area contributed by atoms with Crippen LogP contribution in [0.25, 0.3) is 0 Å². The number of hydrogen-bond donors (Lipinski definition) is 1. The molecule has 0 unspecified atom stereocenters. The third kappa shape index (κ3) is 1.50. The van der Waals surface area contributed by atoms with Crippen molar-refractivity contribution in [3.05, 3.63) is 32.9 Å². The molecule has 1 atom stereocenters. The van der Waals surface area contributed by atoms with Crippen molar-refractivity contribution in [1.29, 1.82) is 0 Å². The summed E-state index contributed by atoms with van der Waals surface area (Å²) >= 11 is 2.40. The highest BCUT2D eigenvalue weighted by Gasteiger charge is 2.16. The predicted molar refractivity (Wildman–Crippen MR) is 59.2 cm³/mol. The molecule has 0 bridgehead atoms. The smallest absolute Gasteiger partial charge is 0.0165 e. The Hall–Kier alpha value is -0.0900. The molecule has 2 N–H and O–H groups in total. The lowest BCUT2D eigenvalue weighted by molar-refractivity contribution is 0.575. The van der Waals surface area contributed by atoms with E-state index >= 15 is 0 Å². The van der Waals surface area contributed by atoms with Gasteiger partial charge in [-0.2, -0.15) is 0 Å². The second-order valence-corrected chi connectivity index (χ2v) is 4.54. The molecule has 0 aromatic heterocycles. The molecule has 0 fully saturated rings.